The Balaban J connectivity index is 1.58. The van der Waals surface area contributed by atoms with E-state index in [-0.39, 0.29) is 6.10 Å². The lowest BCUT2D eigenvalue weighted by Crippen LogP contribution is -2.48. The van der Waals surface area contributed by atoms with Crippen molar-refractivity contribution < 1.29 is 5.11 Å². The van der Waals surface area contributed by atoms with Gasteiger partial charge in [-0.1, -0.05) is 18.6 Å². The Morgan fingerprint density at radius 3 is 2.62 bits per heavy atom. The van der Waals surface area contributed by atoms with Gasteiger partial charge in [0.2, 0.25) is 0 Å². The van der Waals surface area contributed by atoms with Crippen LogP contribution < -0.4 is 0 Å². The molecule has 1 heteroatoms. The maximum absolute atomic E-state index is 9.99. The quantitative estimate of drug-likeness (QED) is 0.626. The average Bonchev–Trinajstić information content (AvgIpc) is 2.83. The molecule has 0 spiro atoms. The summed E-state index contributed by atoms with van der Waals surface area (Å²) in [5.41, 5.74) is 2.31. The molecular formula is C20H32O. The fraction of sp³-hybridized carbons (Fsp3) is 0.900. The van der Waals surface area contributed by atoms with Gasteiger partial charge in [0.15, 0.2) is 0 Å². The Hall–Kier alpha value is -0.300. The molecule has 1 nitrogen and oxygen atoms in total. The van der Waals surface area contributed by atoms with Crippen LogP contribution in [-0.4, -0.2) is 11.2 Å². The van der Waals surface area contributed by atoms with Crippen molar-refractivity contribution in [2.24, 2.45) is 35.0 Å². The van der Waals surface area contributed by atoms with Gasteiger partial charge in [-0.3, -0.25) is 0 Å². The standard InChI is InChI=1S/C20H32O/c1-3-14-5-9-19-18-7-4-13-12-15(21)6-8-16(13)17(18)10-11-20(14,19)2/h3,13,15-19,21H,4-12H2,1-2H3/b14-3-/t13-,15+,16+,17-,18-,19+,20-/m1/s1. The molecule has 0 radical (unpaired) electrons. The molecule has 4 saturated carbocycles. The van der Waals surface area contributed by atoms with Crippen LogP contribution in [0.4, 0.5) is 0 Å². The molecule has 0 amide bonds. The predicted molar refractivity (Wildman–Crippen MR) is 86.9 cm³/mol. The van der Waals surface area contributed by atoms with Crippen LogP contribution in [0, 0.1) is 35.0 Å². The molecule has 0 unspecified atom stereocenters. The van der Waals surface area contributed by atoms with Gasteiger partial charge in [-0.05, 0) is 99.7 Å². The first-order valence-electron chi connectivity index (χ1n) is 9.47. The molecule has 7 atom stereocenters. The van der Waals surface area contributed by atoms with Crippen LogP contribution in [0.15, 0.2) is 11.6 Å². The van der Waals surface area contributed by atoms with Crippen molar-refractivity contribution in [3.05, 3.63) is 11.6 Å². The Morgan fingerprint density at radius 1 is 1.00 bits per heavy atom. The van der Waals surface area contributed by atoms with E-state index in [1.807, 2.05) is 0 Å². The van der Waals surface area contributed by atoms with Crippen molar-refractivity contribution in [1.82, 2.24) is 0 Å². The van der Waals surface area contributed by atoms with E-state index in [9.17, 15) is 5.11 Å². The van der Waals surface area contributed by atoms with E-state index in [0.29, 0.717) is 5.41 Å². The molecular weight excluding hydrogens is 256 g/mol. The van der Waals surface area contributed by atoms with Crippen LogP contribution in [0.2, 0.25) is 0 Å². The summed E-state index contributed by atoms with van der Waals surface area (Å²) >= 11 is 0. The van der Waals surface area contributed by atoms with Gasteiger partial charge in [0, 0.05) is 0 Å². The topological polar surface area (TPSA) is 20.2 Å². The summed E-state index contributed by atoms with van der Waals surface area (Å²) in [5.74, 6) is 4.76. The highest BCUT2D eigenvalue weighted by Crippen LogP contribution is 2.63. The minimum atomic E-state index is 0.0118. The minimum Gasteiger partial charge on any atom is -0.393 e. The molecule has 0 aliphatic heterocycles. The fourth-order valence-electron chi connectivity index (χ4n) is 7.15. The highest BCUT2D eigenvalue weighted by Gasteiger charge is 2.54. The highest BCUT2D eigenvalue weighted by atomic mass is 16.3. The SMILES string of the molecule is C/C=C1/CC[C@H]2[C@@H]3CC[C@@H]4C[C@@H](O)CC[C@@H]4[C@H]3CC[C@]12C. The Kier molecular flexibility index (Phi) is 3.48. The third-order valence-electron chi connectivity index (χ3n) is 8.12. The van der Waals surface area contributed by atoms with Crippen LogP contribution in [-0.2, 0) is 0 Å². The van der Waals surface area contributed by atoms with Gasteiger partial charge in [-0.15, -0.1) is 0 Å². The van der Waals surface area contributed by atoms with E-state index in [1.165, 1.54) is 44.9 Å². The predicted octanol–water partition coefficient (Wildman–Crippen LogP) is 4.95. The van der Waals surface area contributed by atoms with Crippen molar-refractivity contribution in [2.75, 3.05) is 0 Å². The molecule has 4 aliphatic carbocycles. The summed E-state index contributed by atoms with van der Waals surface area (Å²) in [6.07, 6.45) is 14.5. The maximum Gasteiger partial charge on any atom is 0.0543 e. The lowest BCUT2D eigenvalue weighted by atomic mass is 9.50. The molecule has 1 N–H and O–H groups in total. The van der Waals surface area contributed by atoms with E-state index in [2.05, 4.69) is 19.9 Å². The van der Waals surface area contributed by atoms with Crippen molar-refractivity contribution in [2.45, 2.75) is 77.7 Å². The molecule has 118 valence electrons. The summed E-state index contributed by atoms with van der Waals surface area (Å²) < 4.78 is 0. The fourth-order valence-corrected chi connectivity index (χ4v) is 7.15. The molecule has 21 heavy (non-hydrogen) atoms. The van der Waals surface area contributed by atoms with Crippen molar-refractivity contribution in [1.29, 1.82) is 0 Å². The summed E-state index contributed by atoms with van der Waals surface area (Å²) in [6, 6.07) is 0. The zero-order valence-corrected chi connectivity index (χ0v) is 13.9. The number of fused-ring (bicyclic) bond motifs is 5. The smallest absolute Gasteiger partial charge is 0.0543 e. The van der Waals surface area contributed by atoms with Gasteiger partial charge in [0.25, 0.3) is 0 Å². The summed E-state index contributed by atoms with van der Waals surface area (Å²) in [6.45, 7) is 4.83. The van der Waals surface area contributed by atoms with Crippen LogP contribution in [0.25, 0.3) is 0 Å². The van der Waals surface area contributed by atoms with E-state index >= 15 is 0 Å². The van der Waals surface area contributed by atoms with Crippen molar-refractivity contribution in [3.8, 4) is 0 Å². The third-order valence-corrected chi connectivity index (χ3v) is 8.12. The highest BCUT2D eigenvalue weighted by molar-refractivity contribution is 5.23. The van der Waals surface area contributed by atoms with Gasteiger partial charge in [-0.25, -0.2) is 0 Å². The Labute approximate surface area is 130 Å². The summed E-state index contributed by atoms with van der Waals surface area (Å²) in [4.78, 5) is 0. The number of aliphatic hydroxyl groups excluding tert-OH is 1. The largest absolute Gasteiger partial charge is 0.393 e. The molecule has 0 aromatic carbocycles. The van der Waals surface area contributed by atoms with Crippen LogP contribution in [0.3, 0.4) is 0 Å². The monoisotopic (exact) mass is 288 g/mol. The average molecular weight is 288 g/mol. The summed E-state index contributed by atoms with van der Waals surface area (Å²) in [7, 11) is 0. The number of aliphatic hydroxyl groups is 1. The van der Waals surface area contributed by atoms with Crippen molar-refractivity contribution >= 4 is 0 Å². The first-order valence-corrected chi connectivity index (χ1v) is 9.47. The number of allylic oxidation sites excluding steroid dienone is 2. The molecule has 4 rings (SSSR count). The molecule has 0 heterocycles. The zero-order chi connectivity index (χ0) is 14.6. The lowest BCUT2D eigenvalue weighted by Gasteiger charge is -2.55. The molecule has 0 aromatic heterocycles. The number of rotatable bonds is 0. The lowest BCUT2D eigenvalue weighted by molar-refractivity contribution is -0.0610. The van der Waals surface area contributed by atoms with Crippen molar-refractivity contribution in [3.63, 3.8) is 0 Å². The zero-order valence-electron chi connectivity index (χ0n) is 13.9. The van der Waals surface area contributed by atoms with Gasteiger partial charge in [0.05, 0.1) is 6.10 Å². The van der Waals surface area contributed by atoms with E-state index in [0.717, 1.165) is 42.4 Å². The van der Waals surface area contributed by atoms with Gasteiger partial charge >= 0.3 is 0 Å². The molecule has 0 bridgehead atoms. The summed E-state index contributed by atoms with van der Waals surface area (Å²) in [5, 5.41) is 9.99. The number of hydrogen-bond donors (Lipinski definition) is 1. The van der Waals surface area contributed by atoms with E-state index in [1.54, 1.807) is 5.57 Å². The second-order valence-electron chi connectivity index (χ2n) is 8.71. The van der Waals surface area contributed by atoms with Crippen LogP contribution in [0.1, 0.15) is 71.6 Å². The molecule has 0 saturated heterocycles. The van der Waals surface area contributed by atoms with E-state index in [4.69, 9.17) is 0 Å². The molecule has 4 fully saturated rings. The first kappa shape index (κ1) is 14.3. The molecule has 0 aromatic rings. The van der Waals surface area contributed by atoms with Gasteiger partial charge in [0.1, 0.15) is 0 Å². The Bertz CT molecular complexity index is 439. The molecule has 4 aliphatic rings. The third kappa shape index (κ3) is 2.06. The van der Waals surface area contributed by atoms with Gasteiger partial charge in [-0.2, -0.15) is 0 Å². The second kappa shape index (κ2) is 5.11. The first-order chi connectivity index (χ1) is 10.1. The van der Waals surface area contributed by atoms with Gasteiger partial charge < -0.3 is 5.11 Å². The minimum absolute atomic E-state index is 0.0118. The Morgan fingerprint density at radius 2 is 1.81 bits per heavy atom. The van der Waals surface area contributed by atoms with E-state index < -0.39 is 0 Å². The number of hydrogen-bond acceptors (Lipinski definition) is 1. The maximum atomic E-state index is 9.99. The van der Waals surface area contributed by atoms with Crippen LogP contribution >= 0.6 is 0 Å². The normalized spacial score (nSPS) is 54.9. The van der Waals surface area contributed by atoms with Crippen LogP contribution in [0.5, 0.6) is 0 Å². The second-order valence-corrected chi connectivity index (χ2v) is 8.71.